The third-order valence-electron chi connectivity index (χ3n) is 7.62. The molecular formula is C27H28Cl2N6O3S. The Hall–Kier alpha value is -2.92. The third kappa shape index (κ3) is 4.63. The Kier molecular flexibility index (Phi) is 6.49. The quantitative estimate of drug-likeness (QED) is 0.315. The number of nitrogens with zero attached hydrogens (tertiary/aromatic N) is 5. The molecule has 204 valence electrons. The molecule has 2 fully saturated rings. The molecule has 5 heterocycles. The summed E-state index contributed by atoms with van der Waals surface area (Å²) in [5, 5.41) is 9.48. The number of hydrogen-bond acceptors (Lipinski definition) is 7. The molecule has 39 heavy (non-hydrogen) atoms. The molecule has 0 aliphatic carbocycles. The fraction of sp³-hybridized carbons (Fsp3) is 0.370. The Labute approximate surface area is 237 Å². The summed E-state index contributed by atoms with van der Waals surface area (Å²) in [6.45, 7) is 8.23. The number of pyridine rings is 2. The summed E-state index contributed by atoms with van der Waals surface area (Å²) in [4.78, 5) is 11.1. The van der Waals surface area contributed by atoms with E-state index in [0.717, 1.165) is 41.1 Å². The van der Waals surface area contributed by atoms with Crippen molar-refractivity contribution in [2.24, 2.45) is 5.41 Å². The number of aromatic amines is 1. The second-order valence-corrected chi connectivity index (χ2v) is 13.4. The van der Waals surface area contributed by atoms with Crippen LogP contribution in [0.25, 0.3) is 22.2 Å². The standard InChI is InChI=1S/C27H28Cl2N6O3S/c1-4-39(36,37)35-14-27(15-35)12-34(13-27)23-8-5-18(10-31-23)26-20-9-19(6-7-22(20)32-33-26)38-17(3)24-21(28)11-30-16(2)25(24)29/h5-11,17H,4,12-15H2,1-3H3,(H,32,33)/t17-/m1/s1. The van der Waals surface area contributed by atoms with Crippen LogP contribution in [0.1, 0.15) is 31.2 Å². The van der Waals surface area contributed by atoms with Crippen LogP contribution in [0.4, 0.5) is 5.82 Å². The lowest BCUT2D eigenvalue weighted by atomic mass is 9.74. The molecule has 0 bridgehead atoms. The molecule has 6 rings (SSSR count). The van der Waals surface area contributed by atoms with Crippen molar-refractivity contribution >= 4 is 49.9 Å². The molecule has 1 N–H and O–H groups in total. The predicted octanol–water partition coefficient (Wildman–Crippen LogP) is 5.25. The average Bonchev–Trinajstić information content (AvgIpc) is 3.28. The molecule has 1 aromatic carbocycles. The van der Waals surface area contributed by atoms with E-state index >= 15 is 0 Å². The summed E-state index contributed by atoms with van der Waals surface area (Å²) in [5.41, 5.74) is 3.99. The van der Waals surface area contributed by atoms with Crippen LogP contribution >= 0.6 is 23.2 Å². The van der Waals surface area contributed by atoms with Gasteiger partial charge in [-0.2, -0.15) is 5.10 Å². The molecule has 0 unspecified atom stereocenters. The molecule has 4 aromatic rings. The van der Waals surface area contributed by atoms with E-state index in [0.29, 0.717) is 40.1 Å². The van der Waals surface area contributed by atoms with Crippen molar-refractivity contribution in [2.75, 3.05) is 36.8 Å². The van der Waals surface area contributed by atoms with Gasteiger partial charge in [-0.3, -0.25) is 10.1 Å². The van der Waals surface area contributed by atoms with Crippen LogP contribution in [0.5, 0.6) is 5.75 Å². The zero-order valence-electron chi connectivity index (χ0n) is 21.8. The predicted molar refractivity (Wildman–Crippen MR) is 153 cm³/mol. The zero-order chi connectivity index (χ0) is 27.5. The van der Waals surface area contributed by atoms with Crippen LogP contribution in [0.3, 0.4) is 0 Å². The van der Waals surface area contributed by atoms with E-state index in [1.165, 1.54) is 0 Å². The van der Waals surface area contributed by atoms with E-state index in [1.54, 1.807) is 17.4 Å². The van der Waals surface area contributed by atoms with Gasteiger partial charge in [-0.05, 0) is 51.1 Å². The Balaban J connectivity index is 1.17. The highest BCUT2D eigenvalue weighted by Crippen LogP contribution is 2.43. The molecule has 1 spiro atoms. The van der Waals surface area contributed by atoms with Gasteiger partial charge in [0.05, 0.1) is 27.0 Å². The van der Waals surface area contributed by atoms with E-state index in [4.69, 9.17) is 27.9 Å². The van der Waals surface area contributed by atoms with E-state index in [-0.39, 0.29) is 17.3 Å². The number of aromatic nitrogens is 4. The first-order valence-electron chi connectivity index (χ1n) is 12.7. The average molecular weight is 588 g/mol. The minimum atomic E-state index is -3.10. The van der Waals surface area contributed by atoms with Gasteiger partial charge in [0.2, 0.25) is 10.0 Å². The van der Waals surface area contributed by atoms with Crippen LogP contribution in [-0.2, 0) is 10.0 Å². The summed E-state index contributed by atoms with van der Waals surface area (Å²) < 4.78 is 31.9. The van der Waals surface area contributed by atoms with E-state index < -0.39 is 10.0 Å². The number of aryl methyl sites for hydroxylation is 1. The summed E-state index contributed by atoms with van der Waals surface area (Å²) in [6, 6.07) is 9.75. The summed E-state index contributed by atoms with van der Waals surface area (Å²) in [7, 11) is -3.10. The van der Waals surface area contributed by atoms with Gasteiger partial charge in [0.15, 0.2) is 0 Å². The van der Waals surface area contributed by atoms with Crippen molar-refractivity contribution in [3.8, 4) is 17.0 Å². The summed E-state index contributed by atoms with van der Waals surface area (Å²) >= 11 is 12.8. The minimum absolute atomic E-state index is 0.0535. The van der Waals surface area contributed by atoms with Gasteiger partial charge >= 0.3 is 0 Å². The first-order valence-corrected chi connectivity index (χ1v) is 15.1. The molecule has 0 radical (unpaired) electrons. The number of benzene rings is 1. The maximum absolute atomic E-state index is 12.1. The van der Waals surface area contributed by atoms with Crippen LogP contribution < -0.4 is 9.64 Å². The number of hydrogen-bond donors (Lipinski definition) is 1. The van der Waals surface area contributed by atoms with Gasteiger partial charge in [-0.15, -0.1) is 0 Å². The molecule has 1 atom stereocenters. The number of halogens is 2. The van der Waals surface area contributed by atoms with Gasteiger partial charge in [0.1, 0.15) is 23.4 Å². The topological polar surface area (TPSA) is 104 Å². The largest absolute Gasteiger partial charge is 0.486 e. The first kappa shape index (κ1) is 26.3. The Bertz CT molecular complexity index is 1660. The SMILES string of the molecule is CCS(=O)(=O)N1CC2(CN(c3ccc(-c4n[nH]c5ccc(O[C@H](C)c6c(Cl)cnc(C)c6Cl)cc45)cn3)C2)C1. The molecule has 2 saturated heterocycles. The number of anilines is 1. The van der Waals surface area contributed by atoms with Gasteiger partial charge in [-0.1, -0.05) is 23.2 Å². The van der Waals surface area contributed by atoms with Gasteiger partial charge in [-0.25, -0.2) is 17.7 Å². The van der Waals surface area contributed by atoms with Crippen molar-refractivity contribution in [3.05, 3.63) is 64.0 Å². The number of nitrogens with one attached hydrogen (secondary N) is 1. The van der Waals surface area contributed by atoms with Gasteiger partial charge in [0, 0.05) is 60.5 Å². The molecular weight excluding hydrogens is 559 g/mol. The van der Waals surface area contributed by atoms with E-state index in [2.05, 4.69) is 25.1 Å². The maximum atomic E-state index is 12.1. The van der Waals surface area contributed by atoms with Crippen LogP contribution in [0.2, 0.25) is 10.0 Å². The molecule has 12 heteroatoms. The normalized spacial score (nSPS) is 17.7. The lowest BCUT2D eigenvalue weighted by molar-refractivity contribution is 0.0391. The Morgan fingerprint density at radius 2 is 1.87 bits per heavy atom. The van der Waals surface area contributed by atoms with Crippen LogP contribution in [-0.4, -0.2) is 64.8 Å². The molecule has 0 saturated carbocycles. The highest BCUT2D eigenvalue weighted by Gasteiger charge is 2.55. The van der Waals surface area contributed by atoms with Crippen LogP contribution in [0.15, 0.2) is 42.7 Å². The Morgan fingerprint density at radius 1 is 1.10 bits per heavy atom. The highest BCUT2D eigenvalue weighted by atomic mass is 35.5. The van der Waals surface area contributed by atoms with Crippen LogP contribution in [0, 0.1) is 12.3 Å². The second-order valence-electron chi connectivity index (χ2n) is 10.4. The fourth-order valence-electron chi connectivity index (χ4n) is 5.42. The highest BCUT2D eigenvalue weighted by molar-refractivity contribution is 7.89. The van der Waals surface area contributed by atoms with Crippen molar-refractivity contribution in [3.63, 3.8) is 0 Å². The van der Waals surface area contributed by atoms with Crippen molar-refractivity contribution in [2.45, 2.75) is 26.9 Å². The number of H-pyrrole nitrogens is 1. The number of rotatable bonds is 7. The lowest BCUT2D eigenvalue weighted by Gasteiger charge is -2.59. The monoisotopic (exact) mass is 586 g/mol. The molecule has 3 aromatic heterocycles. The third-order valence-corrected chi connectivity index (χ3v) is 10.2. The summed E-state index contributed by atoms with van der Waals surface area (Å²) in [6.07, 6.45) is 3.02. The number of fused-ring (bicyclic) bond motifs is 1. The molecule has 2 aliphatic heterocycles. The second kappa shape index (κ2) is 9.62. The van der Waals surface area contributed by atoms with Crippen molar-refractivity contribution in [1.29, 1.82) is 0 Å². The molecule has 0 amide bonds. The van der Waals surface area contributed by atoms with Crippen molar-refractivity contribution < 1.29 is 13.2 Å². The lowest BCUT2D eigenvalue weighted by Crippen LogP contribution is -2.73. The summed E-state index contributed by atoms with van der Waals surface area (Å²) in [5.74, 6) is 1.69. The Morgan fingerprint density at radius 3 is 2.56 bits per heavy atom. The minimum Gasteiger partial charge on any atom is -0.486 e. The molecule has 9 nitrogen and oxygen atoms in total. The maximum Gasteiger partial charge on any atom is 0.213 e. The first-order chi connectivity index (χ1) is 18.6. The van der Waals surface area contributed by atoms with Gasteiger partial charge in [0.25, 0.3) is 0 Å². The number of ether oxygens (including phenoxy) is 1. The fourth-order valence-corrected chi connectivity index (χ4v) is 7.38. The van der Waals surface area contributed by atoms with E-state index in [9.17, 15) is 8.42 Å². The van der Waals surface area contributed by atoms with E-state index in [1.807, 2.05) is 50.4 Å². The zero-order valence-corrected chi connectivity index (χ0v) is 24.1. The number of sulfonamides is 1. The van der Waals surface area contributed by atoms with Gasteiger partial charge < -0.3 is 9.64 Å². The van der Waals surface area contributed by atoms with Crippen molar-refractivity contribution in [1.82, 2.24) is 24.5 Å². The molecule has 2 aliphatic rings. The smallest absolute Gasteiger partial charge is 0.213 e.